The molecule has 1 nitrogen and oxygen atoms in total. The second kappa shape index (κ2) is 3.23. The van der Waals surface area contributed by atoms with Gasteiger partial charge in [0.15, 0.2) is 0 Å². The van der Waals surface area contributed by atoms with E-state index in [0.717, 1.165) is 5.70 Å². The third-order valence-corrected chi connectivity index (χ3v) is 5.31. The van der Waals surface area contributed by atoms with Crippen molar-refractivity contribution in [2.75, 3.05) is 0 Å². The maximum absolute atomic E-state index is 13.2. The van der Waals surface area contributed by atoms with E-state index >= 15 is 0 Å². The van der Waals surface area contributed by atoms with E-state index < -0.39 is 11.8 Å². The van der Waals surface area contributed by atoms with Gasteiger partial charge in [-0.2, -0.15) is 0 Å². The van der Waals surface area contributed by atoms with Gasteiger partial charge >= 0.3 is 0 Å². The van der Waals surface area contributed by atoms with Crippen LogP contribution < -0.4 is 5.32 Å². The van der Waals surface area contributed by atoms with E-state index in [2.05, 4.69) is 22.8 Å². The Balaban J connectivity index is 1.67. The molecular weight excluding hydrogens is 252 g/mol. The van der Waals surface area contributed by atoms with Gasteiger partial charge in [0.25, 0.3) is 5.92 Å². The van der Waals surface area contributed by atoms with E-state index in [1.807, 2.05) is 13.0 Å². The Bertz CT molecular complexity index is 584. The Morgan fingerprint density at radius 1 is 1.50 bits per heavy atom. The van der Waals surface area contributed by atoms with Gasteiger partial charge in [0.05, 0.1) is 12.0 Å². The minimum absolute atomic E-state index is 0.197. The molecule has 0 bridgehead atoms. The van der Waals surface area contributed by atoms with Crippen molar-refractivity contribution in [3.05, 3.63) is 39.6 Å². The average Bonchev–Trinajstić information content (AvgIpc) is 2.88. The fourth-order valence-corrected chi connectivity index (χ4v) is 4.33. The molecule has 2 heterocycles. The summed E-state index contributed by atoms with van der Waals surface area (Å²) in [5.74, 6) is -2.74. The highest BCUT2D eigenvalue weighted by atomic mass is 32.1. The molecule has 1 saturated carbocycles. The molecule has 1 aliphatic heterocycles. The Kier molecular flexibility index (Phi) is 1.93. The molecule has 1 N–H and O–H groups in total. The summed E-state index contributed by atoms with van der Waals surface area (Å²) in [6.45, 7) is 2.00. The lowest BCUT2D eigenvalue weighted by Crippen LogP contribution is -2.20. The highest BCUT2D eigenvalue weighted by molar-refractivity contribution is 7.10. The Morgan fingerprint density at radius 2 is 2.33 bits per heavy atom. The maximum Gasteiger partial charge on any atom is 0.276 e. The van der Waals surface area contributed by atoms with Crippen LogP contribution in [0.4, 0.5) is 8.78 Å². The summed E-state index contributed by atoms with van der Waals surface area (Å²) >= 11 is 1.72. The zero-order valence-corrected chi connectivity index (χ0v) is 10.7. The van der Waals surface area contributed by atoms with Crippen LogP contribution in [0.1, 0.15) is 29.8 Å². The van der Waals surface area contributed by atoms with Gasteiger partial charge in [-0.3, -0.25) is 0 Å². The van der Waals surface area contributed by atoms with Gasteiger partial charge < -0.3 is 5.32 Å². The van der Waals surface area contributed by atoms with Crippen LogP contribution in [0.25, 0.3) is 5.70 Å². The van der Waals surface area contributed by atoms with Crippen molar-refractivity contribution in [1.82, 2.24) is 5.32 Å². The second-order valence-electron chi connectivity index (χ2n) is 5.22. The molecular formula is C14H13F2NS. The summed E-state index contributed by atoms with van der Waals surface area (Å²) < 4.78 is 26.4. The van der Waals surface area contributed by atoms with Crippen LogP contribution in [0.2, 0.25) is 0 Å². The van der Waals surface area contributed by atoms with Crippen molar-refractivity contribution in [2.24, 2.45) is 11.8 Å². The number of nitrogens with one attached hydrogen (secondary N) is 1. The van der Waals surface area contributed by atoms with Gasteiger partial charge in [-0.1, -0.05) is 12.2 Å². The van der Waals surface area contributed by atoms with Crippen molar-refractivity contribution in [3.63, 3.8) is 0 Å². The Morgan fingerprint density at radius 3 is 3.00 bits per heavy atom. The number of halogens is 2. The molecule has 94 valence electrons. The zero-order chi connectivity index (χ0) is 12.5. The van der Waals surface area contributed by atoms with Crippen molar-refractivity contribution in [1.29, 1.82) is 0 Å². The number of hydrogen-bond donors (Lipinski definition) is 1. The lowest BCUT2D eigenvalue weighted by atomic mass is 9.96. The molecule has 0 amide bonds. The van der Waals surface area contributed by atoms with Crippen molar-refractivity contribution < 1.29 is 8.78 Å². The number of hydrogen-bond acceptors (Lipinski definition) is 2. The largest absolute Gasteiger partial charge is 0.377 e. The molecule has 2 aliphatic carbocycles. The predicted octanol–water partition coefficient (Wildman–Crippen LogP) is 3.96. The topological polar surface area (TPSA) is 12.0 Å². The number of thiophene rings is 1. The van der Waals surface area contributed by atoms with Crippen molar-refractivity contribution in [3.8, 4) is 0 Å². The molecule has 3 aliphatic rings. The number of allylic oxidation sites excluding steroid dienone is 2. The van der Waals surface area contributed by atoms with Crippen LogP contribution in [0.5, 0.6) is 0 Å². The molecule has 0 saturated heterocycles. The number of fused-ring (bicyclic) bond motifs is 2. The first-order valence-corrected chi connectivity index (χ1v) is 7.11. The van der Waals surface area contributed by atoms with Crippen molar-refractivity contribution in [2.45, 2.75) is 25.3 Å². The van der Waals surface area contributed by atoms with Gasteiger partial charge in [-0.25, -0.2) is 8.78 Å². The Hall–Kier alpha value is -1.16. The molecule has 3 atom stereocenters. The fourth-order valence-electron chi connectivity index (χ4n) is 3.30. The summed E-state index contributed by atoms with van der Waals surface area (Å²) in [6.07, 6.45) is 4.46. The van der Waals surface area contributed by atoms with Gasteiger partial charge in [-0.15, -0.1) is 11.3 Å². The van der Waals surface area contributed by atoms with Crippen molar-refractivity contribution >= 4 is 17.0 Å². The summed E-state index contributed by atoms with van der Waals surface area (Å²) in [4.78, 5) is 1.30. The standard InChI is InChI=1S/C14H13F2NS/c1-2-11-8-3-4-18-13(8)12(17-11)7-5-9-10(6-7)14(9,15)16/h2-5,7,10,12,17H,6H2,1H3/b11-2-/t7?,10-,12+/m0/s1. The first-order valence-electron chi connectivity index (χ1n) is 6.23. The third kappa shape index (κ3) is 1.19. The summed E-state index contributed by atoms with van der Waals surface area (Å²) in [5, 5.41) is 5.56. The molecule has 0 radical (unpaired) electrons. The van der Waals surface area contributed by atoms with Gasteiger partial charge in [-0.05, 0) is 24.8 Å². The zero-order valence-electron chi connectivity index (χ0n) is 9.91. The molecule has 1 aromatic rings. The highest BCUT2D eigenvalue weighted by Gasteiger charge is 2.66. The molecule has 4 heteroatoms. The van der Waals surface area contributed by atoms with E-state index in [1.165, 1.54) is 10.4 Å². The van der Waals surface area contributed by atoms with Crippen LogP contribution in [-0.4, -0.2) is 5.92 Å². The summed E-state index contributed by atoms with van der Waals surface area (Å²) in [5.41, 5.74) is 2.77. The fraction of sp³-hybridized carbons (Fsp3) is 0.429. The SMILES string of the molecule is C/C=C1\N[C@H](C2C=C3[C@H](C2)C3(F)F)c2sccc21. The van der Waals surface area contributed by atoms with Crippen LogP contribution in [0.3, 0.4) is 0 Å². The average molecular weight is 265 g/mol. The quantitative estimate of drug-likeness (QED) is 0.758. The number of alkyl halides is 2. The normalized spacial score (nSPS) is 37.2. The van der Waals surface area contributed by atoms with Crippen LogP contribution in [0.15, 0.2) is 29.2 Å². The van der Waals surface area contributed by atoms with Gasteiger partial charge in [0.1, 0.15) is 0 Å². The minimum Gasteiger partial charge on any atom is -0.377 e. The molecule has 1 aromatic heterocycles. The maximum atomic E-state index is 13.2. The molecule has 1 fully saturated rings. The second-order valence-corrected chi connectivity index (χ2v) is 6.17. The van der Waals surface area contributed by atoms with Gasteiger partial charge in [0, 0.05) is 27.6 Å². The molecule has 18 heavy (non-hydrogen) atoms. The Labute approximate surface area is 108 Å². The first kappa shape index (κ1) is 10.7. The van der Waals surface area contributed by atoms with Crippen LogP contribution in [-0.2, 0) is 0 Å². The van der Waals surface area contributed by atoms with Crippen LogP contribution >= 0.6 is 11.3 Å². The lowest BCUT2D eigenvalue weighted by Gasteiger charge is -2.20. The highest BCUT2D eigenvalue weighted by Crippen LogP contribution is 2.64. The van der Waals surface area contributed by atoms with E-state index in [1.54, 1.807) is 11.3 Å². The third-order valence-electron chi connectivity index (χ3n) is 4.31. The summed E-state index contributed by atoms with van der Waals surface area (Å²) in [7, 11) is 0. The first-order chi connectivity index (χ1) is 8.63. The van der Waals surface area contributed by atoms with E-state index in [4.69, 9.17) is 0 Å². The smallest absolute Gasteiger partial charge is 0.276 e. The van der Waals surface area contributed by atoms with E-state index in [-0.39, 0.29) is 12.0 Å². The minimum atomic E-state index is -2.49. The number of rotatable bonds is 1. The van der Waals surface area contributed by atoms with E-state index in [0.29, 0.717) is 12.0 Å². The molecule has 1 unspecified atom stereocenters. The predicted molar refractivity (Wildman–Crippen MR) is 68.5 cm³/mol. The monoisotopic (exact) mass is 265 g/mol. The molecule has 4 rings (SSSR count). The molecule has 0 spiro atoms. The summed E-state index contributed by atoms with van der Waals surface area (Å²) in [6, 6.07) is 2.31. The van der Waals surface area contributed by atoms with Gasteiger partial charge in [0.2, 0.25) is 0 Å². The lowest BCUT2D eigenvalue weighted by molar-refractivity contribution is 0.0987. The van der Waals surface area contributed by atoms with Crippen LogP contribution in [0, 0.1) is 11.8 Å². The molecule has 0 aromatic carbocycles. The van der Waals surface area contributed by atoms with E-state index in [9.17, 15) is 8.78 Å².